The van der Waals surface area contributed by atoms with Gasteiger partial charge in [0, 0.05) is 29.6 Å². The molecule has 1 heterocycles. The summed E-state index contributed by atoms with van der Waals surface area (Å²) in [5.41, 5.74) is 2.96. The van der Waals surface area contributed by atoms with Crippen molar-refractivity contribution < 1.29 is 14.7 Å². The van der Waals surface area contributed by atoms with E-state index in [9.17, 15) is 9.59 Å². The van der Waals surface area contributed by atoms with Crippen LogP contribution in [-0.2, 0) is 21.4 Å². The maximum Gasteiger partial charge on any atom is 0.305 e. The predicted octanol–water partition coefficient (Wildman–Crippen LogP) is 6.36. The van der Waals surface area contributed by atoms with Crippen molar-refractivity contribution >= 4 is 23.5 Å². The highest BCUT2D eigenvalue weighted by atomic mass is 35.5. The van der Waals surface area contributed by atoms with Gasteiger partial charge >= 0.3 is 5.97 Å². The summed E-state index contributed by atoms with van der Waals surface area (Å²) >= 11 is 6.73. The quantitative estimate of drug-likeness (QED) is 0.506. The molecule has 1 aromatic carbocycles. The summed E-state index contributed by atoms with van der Waals surface area (Å²) in [6, 6.07) is 6.33. The molecule has 4 nitrogen and oxygen atoms in total. The van der Waals surface area contributed by atoms with Crippen LogP contribution in [0.3, 0.4) is 0 Å². The second-order valence-corrected chi connectivity index (χ2v) is 10.2. The van der Waals surface area contributed by atoms with Crippen molar-refractivity contribution in [1.82, 2.24) is 4.90 Å². The maximum absolute atomic E-state index is 12.8. The average molecular weight is 446 g/mol. The van der Waals surface area contributed by atoms with Crippen LogP contribution in [0.25, 0.3) is 0 Å². The first-order valence-electron chi connectivity index (χ1n) is 11.7. The zero-order valence-corrected chi connectivity index (χ0v) is 19.9. The van der Waals surface area contributed by atoms with Crippen molar-refractivity contribution in [2.45, 2.75) is 84.0 Å². The van der Waals surface area contributed by atoms with E-state index >= 15 is 0 Å². The molecular formula is C26H36ClNO3. The number of carboxylic acids is 1. The molecule has 31 heavy (non-hydrogen) atoms. The highest BCUT2D eigenvalue weighted by Crippen LogP contribution is 2.43. The van der Waals surface area contributed by atoms with E-state index in [0.29, 0.717) is 6.42 Å². The van der Waals surface area contributed by atoms with Gasteiger partial charge in [-0.1, -0.05) is 76.6 Å². The highest BCUT2D eigenvalue weighted by molar-refractivity contribution is 6.31. The summed E-state index contributed by atoms with van der Waals surface area (Å²) in [7, 11) is 0. The Morgan fingerprint density at radius 3 is 2.58 bits per heavy atom. The Balaban J connectivity index is 1.80. The van der Waals surface area contributed by atoms with Gasteiger partial charge in [0.1, 0.15) is 0 Å². The van der Waals surface area contributed by atoms with Crippen molar-refractivity contribution in [3.63, 3.8) is 0 Å². The third-order valence-corrected chi connectivity index (χ3v) is 7.53. The van der Waals surface area contributed by atoms with Crippen LogP contribution in [0.5, 0.6) is 0 Å². The van der Waals surface area contributed by atoms with Crippen molar-refractivity contribution in [3.05, 3.63) is 46.1 Å². The third-order valence-electron chi connectivity index (χ3n) is 7.18. The molecule has 1 amide bonds. The Labute approximate surface area is 191 Å². The number of carboxylic acid groups (broad SMARTS) is 1. The van der Waals surface area contributed by atoms with Crippen molar-refractivity contribution in [2.75, 3.05) is 6.54 Å². The number of rotatable bonds is 8. The molecule has 170 valence electrons. The zero-order chi connectivity index (χ0) is 22.6. The van der Waals surface area contributed by atoms with E-state index in [2.05, 4.69) is 32.9 Å². The van der Waals surface area contributed by atoms with E-state index < -0.39 is 11.4 Å². The Bertz CT molecular complexity index is 841. The standard InChI is InChI=1S/C26H36ClNO3/c1-18(2)22-17-28(14-13-25(30)31)24(29)16-26(22,3)21-12-11-20(23(27)15-21)10-9-19-7-5-4-6-8-19/h11-12,15,17-19H,4-10,13-14,16H2,1-3H3,(H,30,31)/t26-/m0/s1. The first-order chi connectivity index (χ1) is 14.7. The minimum absolute atomic E-state index is 0.0364. The van der Waals surface area contributed by atoms with Gasteiger partial charge in [0.25, 0.3) is 0 Å². The van der Waals surface area contributed by atoms with Gasteiger partial charge in [0.15, 0.2) is 0 Å². The Morgan fingerprint density at radius 2 is 1.97 bits per heavy atom. The molecular weight excluding hydrogens is 410 g/mol. The van der Waals surface area contributed by atoms with Gasteiger partial charge in [-0.3, -0.25) is 9.59 Å². The van der Waals surface area contributed by atoms with E-state index in [1.165, 1.54) is 44.1 Å². The van der Waals surface area contributed by atoms with Gasteiger partial charge < -0.3 is 10.0 Å². The fraction of sp³-hybridized carbons (Fsp3) is 0.615. The number of carbonyl (C=O) groups is 2. The van der Waals surface area contributed by atoms with Crippen molar-refractivity contribution in [3.8, 4) is 0 Å². The number of hydrogen-bond acceptors (Lipinski definition) is 2. The first-order valence-corrected chi connectivity index (χ1v) is 12.1. The second kappa shape index (κ2) is 10.2. The number of aliphatic carboxylic acids is 1. The Morgan fingerprint density at radius 1 is 1.26 bits per heavy atom. The molecule has 1 aliphatic heterocycles. The van der Waals surface area contributed by atoms with E-state index in [-0.39, 0.29) is 24.8 Å². The number of hydrogen-bond donors (Lipinski definition) is 1. The van der Waals surface area contributed by atoms with Crippen LogP contribution in [-0.4, -0.2) is 28.4 Å². The van der Waals surface area contributed by atoms with Gasteiger partial charge in [-0.25, -0.2) is 0 Å². The smallest absolute Gasteiger partial charge is 0.305 e. The van der Waals surface area contributed by atoms with Crippen molar-refractivity contribution in [1.29, 1.82) is 0 Å². The van der Waals surface area contributed by atoms with Crippen LogP contribution in [0.2, 0.25) is 5.02 Å². The van der Waals surface area contributed by atoms with E-state index in [1.807, 2.05) is 12.3 Å². The second-order valence-electron chi connectivity index (χ2n) is 9.83. The molecule has 1 aliphatic carbocycles. The number of benzene rings is 1. The number of halogens is 1. The summed E-state index contributed by atoms with van der Waals surface area (Å²) in [6.07, 6.45) is 11.1. The van der Waals surface area contributed by atoms with Gasteiger partial charge in [-0.2, -0.15) is 0 Å². The molecule has 0 saturated heterocycles. The first kappa shape index (κ1) is 23.8. The predicted molar refractivity (Wildman–Crippen MR) is 125 cm³/mol. The minimum atomic E-state index is -0.892. The van der Waals surface area contributed by atoms with Crippen LogP contribution >= 0.6 is 11.6 Å². The lowest BCUT2D eigenvalue weighted by Gasteiger charge is -2.41. The molecule has 5 heteroatoms. The topological polar surface area (TPSA) is 57.6 Å². The van der Waals surface area contributed by atoms with Crippen LogP contribution in [0.1, 0.15) is 83.3 Å². The largest absolute Gasteiger partial charge is 0.481 e. The van der Waals surface area contributed by atoms with Crippen LogP contribution < -0.4 is 0 Å². The molecule has 0 spiro atoms. The monoisotopic (exact) mass is 445 g/mol. The Kier molecular flexibility index (Phi) is 7.85. The fourth-order valence-corrected chi connectivity index (χ4v) is 5.55. The molecule has 0 radical (unpaired) electrons. The average Bonchev–Trinajstić information content (AvgIpc) is 2.72. The summed E-state index contributed by atoms with van der Waals surface area (Å²) in [6.45, 7) is 6.56. The van der Waals surface area contributed by atoms with Crippen LogP contribution in [0.15, 0.2) is 30.0 Å². The lowest BCUT2D eigenvalue weighted by molar-refractivity contribution is -0.138. The van der Waals surface area contributed by atoms with Gasteiger partial charge in [0.2, 0.25) is 5.91 Å². The van der Waals surface area contributed by atoms with E-state index in [0.717, 1.165) is 28.5 Å². The molecule has 1 fully saturated rings. The summed E-state index contributed by atoms with van der Waals surface area (Å²) in [5.74, 6) is 0.127. The molecule has 1 saturated carbocycles. The lowest BCUT2D eigenvalue weighted by atomic mass is 9.68. The maximum atomic E-state index is 12.8. The minimum Gasteiger partial charge on any atom is -0.481 e. The number of amides is 1. The normalized spacial score (nSPS) is 22.7. The lowest BCUT2D eigenvalue weighted by Crippen LogP contribution is -2.42. The van der Waals surface area contributed by atoms with Crippen molar-refractivity contribution in [2.24, 2.45) is 11.8 Å². The van der Waals surface area contributed by atoms with Crippen LogP contribution in [0, 0.1) is 11.8 Å². The molecule has 3 rings (SSSR count). The SMILES string of the molecule is CC(C)C1=CN(CCC(=O)O)C(=O)C[C@@]1(C)c1ccc(CCC2CCCCC2)c(Cl)c1. The summed E-state index contributed by atoms with van der Waals surface area (Å²) < 4.78 is 0. The molecule has 0 unspecified atom stereocenters. The molecule has 2 aliphatic rings. The molecule has 1 atom stereocenters. The summed E-state index contributed by atoms with van der Waals surface area (Å²) in [4.78, 5) is 25.4. The van der Waals surface area contributed by atoms with E-state index in [1.54, 1.807) is 4.90 Å². The summed E-state index contributed by atoms with van der Waals surface area (Å²) in [5, 5.41) is 9.79. The van der Waals surface area contributed by atoms with Gasteiger partial charge in [-0.15, -0.1) is 0 Å². The van der Waals surface area contributed by atoms with Gasteiger partial charge in [0.05, 0.1) is 6.42 Å². The fourth-order valence-electron chi connectivity index (χ4n) is 5.28. The number of nitrogens with zero attached hydrogens (tertiary/aromatic N) is 1. The highest BCUT2D eigenvalue weighted by Gasteiger charge is 2.40. The van der Waals surface area contributed by atoms with Crippen LogP contribution in [0.4, 0.5) is 0 Å². The zero-order valence-electron chi connectivity index (χ0n) is 19.1. The molecule has 0 bridgehead atoms. The van der Waals surface area contributed by atoms with E-state index in [4.69, 9.17) is 16.7 Å². The third kappa shape index (κ3) is 5.71. The van der Waals surface area contributed by atoms with Gasteiger partial charge in [-0.05, 0) is 47.4 Å². The number of aryl methyl sites for hydroxylation is 1. The Hall–Kier alpha value is -1.81. The molecule has 0 aromatic heterocycles. The number of allylic oxidation sites excluding steroid dienone is 1. The molecule has 1 aromatic rings. The number of carbonyl (C=O) groups excluding carboxylic acids is 1. The molecule has 1 N–H and O–H groups in total.